The molecule has 0 spiro atoms. The quantitative estimate of drug-likeness (QED) is 0.723. The van der Waals surface area contributed by atoms with Crippen molar-refractivity contribution in [2.45, 2.75) is 0 Å². The maximum absolute atomic E-state index is 12.9. The van der Waals surface area contributed by atoms with Crippen molar-refractivity contribution < 1.29 is 9.13 Å². The summed E-state index contributed by atoms with van der Waals surface area (Å²) >= 11 is 5.87. The zero-order valence-corrected chi connectivity index (χ0v) is 8.18. The van der Waals surface area contributed by atoms with Crippen LogP contribution in [0.3, 0.4) is 0 Å². The van der Waals surface area contributed by atoms with E-state index in [0.717, 1.165) is 0 Å². The molecule has 2 nitrogen and oxygen atoms in total. The fraction of sp³-hybridized carbons (Fsp3) is 0.100. The number of methoxy groups -OCH3 is 1. The minimum absolute atomic E-state index is 0.326. The summed E-state index contributed by atoms with van der Waals surface area (Å²) in [6, 6.07) is 4.31. The molecule has 2 aromatic rings. The van der Waals surface area contributed by atoms with E-state index in [1.807, 2.05) is 0 Å². The summed E-state index contributed by atoms with van der Waals surface area (Å²) in [6.45, 7) is 0. The topological polar surface area (TPSA) is 22.1 Å². The summed E-state index contributed by atoms with van der Waals surface area (Å²) in [4.78, 5) is 3.98. The number of aromatic nitrogens is 1. The van der Waals surface area contributed by atoms with Gasteiger partial charge in [-0.1, -0.05) is 11.6 Å². The molecule has 0 saturated carbocycles. The molecule has 1 aromatic heterocycles. The predicted molar refractivity (Wildman–Crippen MR) is 53.3 cm³/mol. The van der Waals surface area contributed by atoms with Gasteiger partial charge in [0, 0.05) is 10.8 Å². The monoisotopic (exact) mass is 211 g/mol. The van der Waals surface area contributed by atoms with Gasteiger partial charge < -0.3 is 4.74 Å². The first kappa shape index (κ1) is 9.21. The van der Waals surface area contributed by atoms with Gasteiger partial charge >= 0.3 is 0 Å². The Labute approximate surface area is 85.3 Å². The minimum atomic E-state index is -0.326. The average molecular weight is 212 g/mol. The number of halogens is 2. The van der Waals surface area contributed by atoms with Crippen molar-refractivity contribution in [2.24, 2.45) is 0 Å². The third-order valence-electron chi connectivity index (χ3n) is 1.96. The first-order valence-electron chi connectivity index (χ1n) is 4.00. The Morgan fingerprint density at radius 3 is 2.86 bits per heavy atom. The molecule has 0 amide bonds. The Morgan fingerprint density at radius 2 is 2.14 bits per heavy atom. The molecule has 0 radical (unpaired) electrons. The largest absolute Gasteiger partial charge is 0.481 e. The van der Waals surface area contributed by atoms with Gasteiger partial charge in [-0.2, -0.15) is 0 Å². The lowest BCUT2D eigenvalue weighted by molar-refractivity contribution is 0.403. The molecular weight excluding hydrogens is 205 g/mol. The summed E-state index contributed by atoms with van der Waals surface area (Å²) in [5.74, 6) is 0.122. The standard InChI is InChI=1S/C10H7ClFNO/c1-14-10-7-3-2-6(12)4-8(7)9(11)5-13-10/h2-5H,1H3. The van der Waals surface area contributed by atoms with Crippen LogP contribution in [0.4, 0.5) is 4.39 Å². The second kappa shape index (κ2) is 3.42. The summed E-state index contributed by atoms with van der Waals surface area (Å²) in [5.41, 5.74) is 0. The molecule has 1 heterocycles. The van der Waals surface area contributed by atoms with Gasteiger partial charge in [-0.25, -0.2) is 9.37 Å². The van der Waals surface area contributed by atoms with E-state index in [9.17, 15) is 4.39 Å². The van der Waals surface area contributed by atoms with Crippen molar-refractivity contribution in [1.82, 2.24) is 4.98 Å². The van der Waals surface area contributed by atoms with Crippen LogP contribution < -0.4 is 4.74 Å². The van der Waals surface area contributed by atoms with E-state index in [-0.39, 0.29) is 5.82 Å². The molecule has 0 atom stereocenters. The molecule has 2 rings (SSSR count). The number of nitrogens with zero attached hydrogens (tertiary/aromatic N) is 1. The molecule has 0 unspecified atom stereocenters. The zero-order valence-electron chi connectivity index (χ0n) is 7.42. The van der Waals surface area contributed by atoms with Gasteiger partial charge in [0.15, 0.2) is 0 Å². The van der Waals surface area contributed by atoms with Crippen molar-refractivity contribution in [3.63, 3.8) is 0 Å². The van der Waals surface area contributed by atoms with Crippen molar-refractivity contribution in [3.05, 3.63) is 35.2 Å². The highest BCUT2D eigenvalue weighted by Crippen LogP contribution is 2.29. The Morgan fingerprint density at radius 1 is 1.36 bits per heavy atom. The van der Waals surface area contributed by atoms with Crippen molar-refractivity contribution >= 4 is 22.4 Å². The van der Waals surface area contributed by atoms with E-state index in [1.165, 1.54) is 25.4 Å². The molecule has 0 aliphatic rings. The molecule has 0 N–H and O–H groups in total. The van der Waals surface area contributed by atoms with E-state index in [4.69, 9.17) is 16.3 Å². The molecule has 14 heavy (non-hydrogen) atoms. The zero-order chi connectivity index (χ0) is 10.1. The average Bonchev–Trinajstić information content (AvgIpc) is 2.19. The van der Waals surface area contributed by atoms with Crippen molar-refractivity contribution in [3.8, 4) is 5.88 Å². The Kier molecular flexibility index (Phi) is 2.25. The van der Waals surface area contributed by atoms with Gasteiger partial charge in [0.1, 0.15) is 5.82 Å². The van der Waals surface area contributed by atoms with Gasteiger partial charge in [0.2, 0.25) is 5.88 Å². The predicted octanol–water partition coefficient (Wildman–Crippen LogP) is 3.04. The van der Waals surface area contributed by atoms with Crippen LogP contribution in [0.1, 0.15) is 0 Å². The van der Waals surface area contributed by atoms with Crippen LogP contribution in [0.15, 0.2) is 24.4 Å². The van der Waals surface area contributed by atoms with Crippen LogP contribution in [-0.2, 0) is 0 Å². The number of hydrogen-bond acceptors (Lipinski definition) is 2. The molecule has 0 aliphatic carbocycles. The van der Waals surface area contributed by atoms with Crippen LogP contribution in [0.25, 0.3) is 10.8 Å². The maximum atomic E-state index is 12.9. The first-order chi connectivity index (χ1) is 6.72. The Bertz CT molecular complexity index is 487. The number of hydrogen-bond donors (Lipinski definition) is 0. The second-order valence-electron chi connectivity index (χ2n) is 2.81. The molecular formula is C10H7ClFNO. The first-order valence-corrected chi connectivity index (χ1v) is 4.38. The Balaban J connectivity index is 2.84. The third-order valence-corrected chi connectivity index (χ3v) is 2.26. The lowest BCUT2D eigenvalue weighted by Gasteiger charge is -2.05. The highest BCUT2D eigenvalue weighted by Gasteiger charge is 2.06. The Hall–Kier alpha value is -1.35. The summed E-state index contributed by atoms with van der Waals surface area (Å²) < 4.78 is 18.0. The van der Waals surface area contributed by atoms with Crippen LogP contribution in [-0.4, -0.2) is 12.1 Å². The number of ether oxygens (including phenoxy) is 1. The summed E-state index contributed by atoms with van der Waals surface area (Å²) in [7, 11) is 1.51. The SMILES string of the molecule is COc1ncc(Cl)c2cc(F)ccc12. The molecule has 72 valence electrons. The highest BCUT2D eigenvalue weighted by atomic mass is 35.5. The van der Waals surface area contributed by atoms with Gasteiger partial charge in [0.25, 0.3) is 0 Å². The molecule has 0 aliphatic heterocycles. The van der Waals surface area contributed by atoms with Crippen LogP contribution in [0, 0.1) is 5.82 Å². The lowest BCUT2D eigenvalue weighted by Crippen LogP contribution is -1.89. The number of rotatable bonds is 1. The molecule has 0 fully saturated rings. The smallest absolute Gasteiger partial charge is 0.221 e. The number of pyridine rings is 1. The molecule has 1 aromatic carbocycles. The summed E-state index contributed by atoms with van der Waals surface area (Å²) in [6.07, 6.45) is 1.45. The van der Waals surface area contributed by atoms with E-state index in [0.29, 0.717) is 21.7 Å². The lowest BCUT2D eigenvalue weighted by atomic mass is 10.1. The normalized spacial score (nSPS) is 10.5. The van der Waals surface area contributed by atoms with Crippen molar-refractivity contribution in [2.75, 3.05) is 7.11 Å². The van der Waals surface area contributed by atoms with Gasteiger partial charge in [-0.3, -0.25) is 0 Å². The van der Waals surface area contributed by atoms with Crippen LogP contribution >= 0.6 is 11.6 Å². The second-order valence-corrected chi connectivity index (χ2v) is 3.21. The minimum Gasteiger partial charge on any atom is -0.481 e. The molecule has 0 bridgehead atoms. The fourth-order valence-electron chi connectivity index (χ4n) is 1.32. The van der Waals surface area contributed by atoms with Crippen LogP contribution in [0.2, 0.25) is 5.02 Å². The summed E-state index contributed by atoms with van der Waals surface area (Å²) in [5, 5.41) is 1.74. The van der Waals surface area contributed by atoms with Gasteiger partial charge in [-0.05, 0) is 18.2 Å². The fourth-order valence-corrected chi connectivity index (χ4v) is 1.52. The van der Waals surface area contributed by atoms with E-state index < -0.39 is 0 Å². The van der Waals surface area contributed by atoms with E-state index in [1.54, 1.807) is 6.07 Å². The van der Waals surface area contributed by atoms with Gasteiger partial charge in [0.05, 0.1) is 18.3 Å². The van der Waals surface area contributed by atoms with E-state index >= 15 is 0 Å². The van der Waals surface area contributed by atoms with Gasteiger partial charge in [-0.15, -0.1) is 0 Å². The highest BCUT2D eigenvalue weighted by molar-refractivity contribution is 6.35. The molecule has 0 saturated heterocycles. The van der Waals surface area contributed by atoms with E-state index in [2.05, 4.69) is 4.98 Å². The maximum Gasteiger partial charge on any atom is 0.221 e. The van der Waals surface area contributed by atoms with Crippen LogP contribution in [0.5, 0.6) is 5.88 Å². The van der Waals surface area contributed by atoms with Crippen molar-refractivity contribution in [1.29, 1.82) is 0 Å². The number of fused-ring (bicyclic) bond motifs is 1. The number of benzene rings is 1. The molecule has 4 heteroatoms. The third kappa shape index (κ3) is 1.40.